The molecule has 0 aromatic carbocycles. The number of alkyl halides is 1. The number of esters is 1. The summed E-state index contributed by atoms with van der Waals surface area (Å²) in [6.07, 6.45) is 1.62. The van der Waals surface area contributed by atoms with Crippen LogP contribution >= 0.6 is 15.9 Å². The van der Waals surface area contributed by atoms with Crippen molar-refractivity contribution in [2.75, 3.05) is 12.4 Å². The van der Waals surface area contributed by atoms with Crippen LogP contribution in [-0.4, -0.2) is 29.3 Å². The monoisotopic (exact) mass is 316 g/mol. The molecule has 0 radical (unpaired) electrons. The van der Waals surface area contributed by atoms with Crippen LogP contribution in [0.3, 0.4) is 0 Å². The summed E-state index contributed by atoms with van der Waals surface area (Å²) in [5.41, 5.74) is -0.488. The van der Waals surface area contributed by atoms with E-state index in [-0.39, 0.29) is 22.7 Å². The third-order valence-electron chi connectivity index (χ3n) is 4.97. The molecule has 2 aliphatic carbocycles. The van der Waals surface area contributed by atoms with E-state index in [1.807, 2.05) is 13.8 Å². The van der Waals surface area contributed by atoms with Crippen molar-refractivity contribution in [3.63, 3.8) is 0 Å². The van der Waals surface area contributed by atoms with Crippen LogP contribution in [0.2, 0.25) is 0 Å². The van der Waals surface area contributed by atoms with Crippen molar-refractivity contribution in [3.05, 3.63) is 11.3 Å². The van der Waals surface area contributed by atoms with Gasteiger partial charge in [-0.2, -0.15) is 0 Å². The first kappa shape index (κ1) is 13.6. The Morgan fingerprint density at radius 2 is 2.17 bits per heavy atom. The summed E-state index contributed by atoms with van der Waals surface area (Å²) in [5, 5.41) is 10.6. The molecule has 2 bridgehead atoms. The number of allylic oxidation sites excluding steroid dienone is 1. The van der Waals surface area contributed by atoms with Gasteiger partial charge in [-0.1, -0.05) is 29.8 Å². The highest BCUT2D eigenvalue weighted by Crippen LogP contribution is 2.66. The molecule has 5 heteroatoms. The molecule has 0 amide bonds. The van der Waals surface area contributed by atoms with Crippen LogP contribution in [0, 0.1) is 16.7 Å². The first-order valence-corrected chi connectivity index (χ1v) is 7.08. The van der Waals surface area contributed by atoms with Crippen LogP contribution in [0.15, 0.2) is 11.3 Å². The Morgan fingerprint density at radius 1 is 1.56 bits per heavy atom. The molecule has 0 aromatic rings. The van der Waals surface area contributed by atoms with Gasteiger partial charge in [0.15, 0.2) is 5.78 Å². The summed E-state index contributed by atoms with van der Waals surface area (Å²) in [6, 6.07) is 0. The number of fused-ring (bicyclic) bond motifs is 2. The first-order chi connectivity index (χ1) is 8.33. The molecule has 0 spiro atoms. The summed E-state index contributed by atoms with van der Waals surface area (Å²) in [6.45, 7) is 3.96. The molecule has 0 aliphatic heterocycles. The van der Waals surface area contributed by atoms with E-state index in [2.05, 4.69) is 20.7 Å². The Hall–Kier alpha value is -0.840. The quantitative estimate of drug-likeness (QED) is 0.368. The maximum Gasteiger partial charge on any atom is 0.373 e. The summed E-state index contributed by atoms with van der Waals surface area (Å²) >= 11 is 3.47. The fourth-order valence-corrected chi connectivity index (χ4v) is 4.44. The van der Waals surface area contributed by atoms with Crippen molar-refractivity contribution in [2.45, 2.75) is 26.7 Å². The summed E-state index contributed by atoms with van der Waals surface area (Å²) in [5.74, 6) is -1.52. The van der Waals surface area contributed by atoms with E-state index in [0.717, 1.165) is 12.8 Å². The average molecular weight is 317 g/mol. The normalized spacial score (nSPS) is 41.1. The van der Waals surface area contributed by atoms with Crippen molar-refractivity contribution in [2.24, 2.45) is 16.7 Å². The molecule has 2 saturated carbocycles. The molecule has 2 fully saturated rings. The molecule has 100 valence electrons. The van der Waals surface area contributed by atoms with Crippen LogP contribution < -0.4 is 0 Å². The number of rotatable bonds is 2. The van der Waals surface area contributed by atoms with Crippen LogP contribution in [0.1, 0.15) is 26.7 Å². The fourth-order valence-electron chi connectivity index (χ4n) is 3.43. The Bertz CT molecular complexity index is 456. The molecular formula is C13H17BrO4. The molecule has 0 heterocycles. The molecule has 2 aliphatic rings. The summed E-state index contributed by atoms with van der Waals surface area (Å²) < 4.78 is 4.50. The molecule has 3 unspecified atom stereocenters. The van der Waals surface area contributed by atoms with E-state index < -0.39 is 17.1 Å². The number of hydrogen-bond donors (Lipinski definition) is 1. The number of aliphatic hydroxyl groups is 1. The van der Waals surface area contributed by atoms with E-state index in [1.165, 1.54) is 7.11 Å². The molecular weight excluding hydrogens is 300 g/mol. The first-order valence-electron chi connectivity index (χ1n) is 5.95. The lowest BCUT2D eigenvalue weighted by atomic mass is 9.70. The zero-order valence-corrected chi connectivity index (χ0v) is 12.3. The van der Waals surface area contributed by atoms with Gasteiger partial charge in [-0.3, -0.25) is 4.79 Å². The van der Waals surface area contributed by atoms with Crippen molar-refractivity contribution in [1.82, 2.24) is 0 Å². The second-order valence-corrected chi connectivity index (χ2v) is 6.12. The summed E-state index contributed by atoms with van der Waals surface area (Å²) in [4.78, 5) is 23.9. The van der Waals surface area contributed by atoms with E-state index in [0.29, 0.717) is 5.33 Å². The molecule has 0 aromatic heterocycles. The number of aliphatic hydroxyl groups excluding tert-OH is 1. The number of methoxy groups -OCH3 is 1. The highest BCUT2D eigenvalue weighted by molar-refractivity contribution is 9.09. The van der Waals surface area contributed by atoms with Crippen LogP contribution in [0.25, 0.3) is 0 Å². The maximum absolute atomic E-state index is 12.5. The van der Waals surface area contributed by atoms with E-state index in [9.17, 15) is 14.7 Å². The lowest BCUT2D eigenvalue weighted by Crippen LogP contribution is -2.36. The Balaban J connectivity index is 2.57. The molecule has 3 atom stereocenters. The number of halogens is 1. The Morgan fingerprint density at radius 3 is 2.61 bits per heavy atom. The van der Waals surface area contributed by atoms with Gasteiger partial charge < -0.3 is 9.84 Å². The van der Waals surface area contributed by atoms with Gasteiger partial charge in [-0.15, -0.1) is 0 Å². The Labute approximate surface area is 115 Å². The van der Waals surface area contributed by atoms with Crippen molar-refractivity contribution in [1.29, 1.82) is 0 Å². The zero-order chi connectivity index (χ0) is 13.7. The highest BCUT2D eigenvalue weighted by atomic mass is 79.9. The van der Waals surface area contributed by atoms with Gasteiger partial charge in [-0.05, 0) is 24.2 Å². The number of hydrogen-bond acceptors (Lipinski definition) is 4. The minimum atomic E-state index is -0.827. The van der Waals surface area contributed by atoms with Crippen LogP contribution in [0.5, 0.6) is 0 Å². The van der Waals surface area contributed by atoms with Crippen LogP contribution in [-0.2, 0) is 14.3 Å². The summed E-state index contributed by atoms with van der Waals surface area (Å²) in [7, 11) is 1.20. The molecule has 4 nitrogen and oxygen atoms in total. The second-order valence-electron chi connectivity index (χ2n) is 5.56. The molecule has 0 saturated heterocycles. The predicted octanol–water partition coefficient (Wildman–Crippen LogP) is 2.37. The fraction of sp³-hybridized carbons (Fsp3) is 0.692. The third kappa shape index (κ3) is 1.37. The molecule has 2 rings (SSSR count). The minimum Gasteiger partial charge on any atom is -0.502 e. The van der Waals surface area contributed by atoms with Crippen molar-refractivity contribution < 1.29 is 19.4 Å². The van der Waals surface area contributed by atoms with Gasteiger partial charge >= 0.3 is 5.97 Å². The third-order valence-corrected chi connectivity index (χ3v) is 6.13. The smallest absolute Gasteiger partial charge is 0.373 e. The van der Waals surface area contributed by atoms with Gasteiger partial charge in [0.05, 0.1) is 7.11 Å². The zero-order valence-electron chi connectivity index (χ0n) is 10.7. The van der Waals surface area contributed by atoms with E-state index >= 15 is 0 Å². The van der Waals surface area contributed by atoms with Gasteiger partial charge in [0.1, 0.15) is 0 Å². The lowest BCUT2D eigenvalue weighted by molar-refractivity contribution is -0.139. The van der Waals surface area contributed by atoms with Gasteiger partial charge in [0.25, 0.3) is 0 Å². The largest absolute Gasteiger partial charge is 0.502 e. The van der Waals surface area contributed by atoms with Gasteiger partial charge in [0, 0.05) is 16.3 Å². The standard InChI is InChI=1S/C13H17BrO4/c1-12-5-4-7(13(12,2)6-14)8(10(12)16)9(15)11(17)18-3/h7,15H,4-6H2,1-3H3/b9-8+. The number of ether oxygens (including phenoxy) is 1. The van der Waals surface area contributed by atoms with E-state index in [4.69, 9.17) is 0 Å². The second kappa shape index (κ2) is 4.08. The lowest BCUT2D eigenvalue weighted by Gasteiger charge is -2.34. The topological polar surface area (TPSA) is 63.6 Å². The molecule has 18 heavy (non-hydrogen) atoms. The number of ketones is 1. The van der Waals surface area contributed by atoms with Crippen LogP contribution in [0.4, 0.5) is 0 Å². The molecule has 1 N–H and O–H groups in total. The number of Topliss-reactive ketones (excluding diaryl/α,β-unsaturated/α-hetero) is 1. The Kier molecular flexibility index (Phi) is 3.08. The average Bonchev–Trinajstić information content (AvgIpc) is 2.71. The van der Waals surface area contributed by atoms with Crippen molar-refractivity contribution >= 4 is 27.7 Å². The highest BCUT2D eigenvalue weighted by Gasteiger charge is 2.67. The van der Waals surface area contributed by atoms with Gasteiger partial charge in [0.2, 0.25) is 5.76 Å². The van der Waals surface area contributed by atoms with Crippen molar-refractivity contribution in [3.8, 4) is 0 Å². The number of carbonyl (C=O) groups is 2. The minimum absolute atomic E-state index is 0.0755. The maximum atomic E-state index is 12.5. The predicted molar refractivity (Wildman–Crippen MR) is 69.4 cm³/mol. The SMILES string of the molecule is COC(=O)/C(O)=C1\C(=O)C2(C)CCC1C2(C)CBr. The van der Waals surface area contributed by atoms with Gasteiger partial charge in [-0.25, -0.2) is 4.79 Å². The number of carbonyl (C=O) groups excluding carboxylic acids is 2. The van der Waals surface area contributed by atoms with E-state index in [1.54, 1.807) is 0 Å².